The van der Waals surface area contributed by atoms with Gasteiger partial charge in [-0.2, -0.15) is 13.5 Å². The molecule has 116 valence electrons. The van der Waals surface area contributed by atoms with Crippen molar-refractivity contribution in [2.24, 2.45) is 0 Å². The summed E-state index contributed by atoms with van der Waals surface area (Å²) in [5, 5.41) is 9.90. The van der Waals surface area contributed by atoms with Crippen LogP contribution in [0.2, 0.25) is 0 Å². The second kappa shape index (κ2) is 6.22. The fourth-order valence-corrected chi connectivity index (χ4v) is 2.70. The standard InChI is InChI=1S/C10H8O3S.C4H5NO3/c11-14(12,13)10-7-3-5-8-4-1-2-6-9(8)10;6-3-1-2-4(7)5(3)8/h1-7H,(H,11,12,13);8H,1-2H2. The Hall–Kier alpha value is -2.29. The first-order valence-electron chi connectivity index (χ1n) is 6.30. The van der Waals surface area contributed by atoms with E-state index in [2.05, 4.69) is 0 Å². The van der Waals surface area contributed by atoms with E-state index in [4.69, 9.17) is 9.76 Å². The topological polar surface area (TPSA) is 112 Å². The molecule has 0 aliphatic carbocycles. The van der Waals surface area contributed by atoms with E-state index in [-0.39, 0.29) is 22.8 Å². The van der Waals surface area contributed by atoms with Crippen molar-refractivity contribution in [3.63, 3.8) is 0 Å². The van der Waals surface area contributed by atoms with Crippen molar-refractivity contribution in [2.45, 2.75) is 17.7 Å². The van der Waals surface area contributed by atoms with Crippen LogP contribution in [0.4, 0.5) is 0 Å². The Morgan fingerprint density at radius 3 is 1.95 bits per heavy atom. The van der Waals surface area contributed by atoms with Gasteiger partial charge < -0.3 is 0 Å². The minimum Gasteiger partial charge on any atom is -0.282 e. The number of imide groups is 1. The number of amides is 2. The monoisotopic (exact) mass is 323 g/mol. The molecule has 2 amide bonds. The summed E-state index contributed by atoms with van der Waals surface area (Å²) in [5.41, 5.74) is 0. The van der Waals surface area contributed by atoms with Crippen molar-refractivity contribution in [3.8, 4) is 0 Å². The van der Waals surface area contributed by atoms with Crippen LogP contribution in [0.3, 0.4) is 0 Å². The maximum absolute atomic E-state index is 11.0. The average molecular weight is 323 g/mol. The molecule has 2 aromatic carbocycles. The maximum Gasteiger partial charge on any atom is 0.295 e. The van der Waals surface area contributed by atoms with Crippen LogP contribution in [-0.2, 0) is 19.7 Å². The summed E-state index contributed by atoms with van der Waals surface area (Å²) in [7, 11) is -4.13. The number of hydrogen-bond donors (Lipinski definition) is 2. The van der Waals surface area contributed by atoms with Gasteiger partial charge in [0.25, 0.3) is 21.9 Å². The summed E-state index contributed by atoms with van der Waals surface area (Å²) in [4.78, 5) is 20.4. The predicted octanol–water partition coefficient (Wildman–Crippen LogP) is 1.61. The fourth-order valence-electron chi connectivity index (χ4n) is 1.99. The highest BCUT2D eigenvalue weighted by atomic mass is 32.2. The molecule has 2 aromatic rings. The molecule has 7 nitrogen and oxygen atoms in total. The first-order chi connectivity index (χ1) is 10.3. The molecule has 1 aliphatic rings. The Balaban J connectivity index is 0.000000188. The zero-order valence-corrected chi connectivity index (χ0v) is 12.2. The van der Waals surface area contributed by atoms with Crippen molar-refractivity contribution in [1.29, 1.82) is 0 Å². The summed E-state index contributed by atoms with van der Waals surface area (Å²) in [6.45, 7) is 0. The van der Waals surface area contributed by atoms with E-state index in [0.29, 0.717) is 5.39 Å². The summed E-state index contributed by atoms with van der Waals surface area (Å²) in [6, 6.07) is 11.8. The molecule has 22 heavy (non-hydrogen) atoms. The van der Waals surface area contributed by atoms with Gasteiger partial charge in [0, 0.05) is 18.2 Å². The quantitative estimate of drug-likeness (QED) is 0.468. The number of benzene rings is 2. The van der Waals surface area contributed by atoms with Crippen LogP contribution in [0.15, 0.2) is 47.4 Å². The third kappa shape index (κ3) is 3.48. The highest BCUT2D eigenvalue weighted by molar-refractivity contribution is 7.86. The van der Waals surface area contributed by atoms with Gasteiger partial charge in [-0.25, -0.2) is 0 Å². The summed E-state index contributed by atoms with van der Waals surface area (Å²) in [5.74, 6) is -1.01. The van der Waals surface area contributed by atoms with Gasteiger partial charge in [-0.15, -0.1) is 0 Å². The molecule has 0 unspecified atom stereocenters. The molecule has 2 N–H and O–H groups in total. The van der Waals surface area contributed by atoms with Crippen molar-refractivity contribution in [1.82, 2.24) is 5.06 Å². The molecule has 0 radical (unpaired) electrons. The number of rotatable bonds is 1. The Kier molecular flexibility index (Phi) is 4.55. The molecule has 0 atom stereocenters. The minimum atomic E-state index is -4.13. The van der Waals surface area contributed by atoms with E-state index in [9.17, 15) is 18.0 Å². The first-order valence-corrected chi connectivity index (χ1v) is 7.74. The molecule has 1 aliphatic heterocycles. The van der Waals surface area contributed by atoms with E-state index < -0.39 is 21.9 Å². The van der Waals surface area contributed by atoms with Gasteiger partial charge in [0.2, 0.25) is 0 Å². The van der Waals surface area contributed by atoms with E-state index in [1.54, 1.807) is 30.3 Å². The molecule has 0 bridgehead atoms. The highest BCUT2D eigenvalue weighted by Gasteiger charge is 2.26. The smallest absolute Gasteiger partial charge is 0.282 e. The first kappa shape index (κ1) is 16.1. The lowest BCUT2D eigenvalue weighted by Gasteiger charge is -2.02. The van der Waals surface area contributed by atoms with Crippen LogP contribution in [-0.4, -0.2) is 35.1 Å². The number of hydrogen-bond acceptors (Lipinski definition) is 5. The molecule has 0 spiro atoms. The number of carbonyl (C=O) groups is 2. The molecule has 8 heteroatoms. The van der Waals surface area contributed by atoms with Crippen molar-refractivity contribution in [2.75, 3.05) is 0 Å². The predicted molar refractivity (Wildman–Crippen MR) is 76.6 cm³/mol. The average Bonchev–Trinajstić information content (AvgIpc) is 2.77. The Morgan fingerprint density at radius 2 is 1.45 bits per heavy atom. The van der Waals surface area contributed by atoms with Gasteiger partial charge in [0.05, 0.1) is 0 Å². The second-order valence-electron chi connectivity index (χ2n) is 4.55. The van der Waals surface area contributed by atoms with Crippen LogP contribution < -0.4 is 0 Å². The molecule has 1 fully saturated rings. The molecular formula is C14H13NO6S. The number of fused-ring (bicyclic) bond motifs is 1. The van der Waals surface area contributed by atoms with Gasteiger partial charge in [-0.1, -0.05) is 36.4 Å². The lowest BCUT2D eigenvalue weighted by Crippen LogP contribution is -2.24. The number of hydroxylamine groups is 2. The normalized spacial score (nSPS) is 14.9. The summed E-state index contributed by atoms with van der Waals surface area (Å²) < 4.78 is 31.0. The van der Waals surface area contributed by atoms with E-state index in [1.807, 2.05) is 6.07 Å². The van der Waals surface area contributed by atoms with E-state index in [1.165, 1.54) is 6.07 Å². The molecule has 3 rings (SSSR count). The van der Waals surface area contributed by atoms with Crippen LogP contribution in [0.5, 0.6) is 0 Å². The lowest BCUT2D eigenvalue weighted by atomic mass is 10.1. The van der Waals surface area contributed by atoms with Gasteiger partial charge in [-0.05, 0) is 11.5 Å². The van der Waals surface area contributed by atoms with Gasteiger partial charge in [-0.3, -0.25) is 19.3 Å². The van der Waals surface area contributed by atoms with Crippen molar-refractivity contribution in [3.05, 3.63) is 42.5 Å². The summed E-state index contributed by atoms with van der Waals surface area (Å²) in [6.07, 6.45) is 0.296. The van der Waals surface area contributed by atoms with Crippen LogP contribution in [0, 0.1) is 0 Å². The molecule has 0 aromatic heterocycles. The van der Waals surface area contributed by atoms with E-state index in [0.717, 1.165) is 5.39 Å². The highest BCUT2D eigenvalue weighted by Crippen LogP contribution is 2.22. The van der Waals surface area contributed by atoms with Gasteiger partial charge >= 0.3 is 0 Å². The van der Waals surface area contributed by atoms with Crippen LogP contribution >= 0.6 is 0 Å². The second-order valence-corrected chi connectivity index (χ2v) is 5.94. The SMILES string of the molecule is O=C1CCC(=O)N1O.O=S(=O)(O)c1cccc2ccccc12. The number of carbonyl (C=O) groups excluding carboxylic acids is 2. The third-order valence-electron chi connectivity index (χ3n) is 3.05. The van der Waals surface area contributed by atoms with E-state index >= 15 is 0 Å². The maximum atomic E-state index is 11.0. The minimum absolute atomic E-state index is 0.0457. The molecule has 0 saturated carbocycles. The summed E-state index contributed by atoms with van der Waals surface area (Å²) >= 11 is 0. The lowest BCUT2D eigenvalue weighted by molar-refractivity contribution is -0.171. The molecule has 1 saturated heterocycles. The van der Waals surface area contributed by atoms with Crippen molar-refractivity contribution >= 4 is 32.7 Å². The Bertz CT molecular complexity index is 809. The number of nitrogens with zero attached hydrogens (tertiary/aromatic N) is 1. The molecular weight excluding hydrogens is 310 g/mol. The van der Waals surface area contributed by atoms with Crippen molar-refractivity contribution < 1.29 is 27.8 Å². The van der Waals surface area contributed by atoms with Crippen LogP contribution in [0.25, 0.3) is 10.8 Å². The fraction of sp³-hybridized carbons (Fsp3) is 0.143. The van der Waals surface area contributed by atoms with Crippen LogP contribution in [0.1, 0.15) is 12.8 Å². The zero-order valence-electron chi connectivity index (χ0n) is 11.3. The largest absolute Gasteiger partial charge is 0.295 e. The van der Waals surface area contributed by atoms with Gasteiger partial charge in [0.1, 0.15) is 4.90 Å². The molecule has 1 heterocycles. The Labute approximate surface area is 126 Å². The Morgan fingerprint density at radius 1 is 0.909 bits per heavy atom. The zero-order chi connectivity index (χ0) is 16.3. The third-order valence-corrected chi connectivity index (χ3v) is 3.96. The van der Waals surface area contributed by atoms with Gasteiger partial charge in [0.15, 0.2) is 0 Å².